The molecule has 0 aliphatic carbocycles. The van der Waals surface area contributed by atoms with Crippen molar-refractivity contribution >= 4 is 21.6 Å². The fourth-order valence-corrected chi connectivity index (χ4v) is 4.67. The van der Waals surface area contributed by atoms with Crippen LogP contribution in [0.4, 0.5) is 5.69 Å². The molecule has 26 heavy (non-hydrogen) atoms. The molecular formula is C20H24N2O3S. The second-order valence-electron chi connectivity index (χ2n) is 7.03. The molecule has 1 atom stereocenters. The average Bonchev–Trinajstić information content (AvgIpc) is 3.03. The van der Waals surface area contributed by atoms with Gasteiger partial charge in [0, 0.05) is 12.2 Å². The van der Waals surface area contributed by atoms with Crippen LogP contribution in [-0.2, 0) is 21.2 Å². The van der Waals surface area contributed by atoms with Crippen LogP contribution in [0.25, 0.3) is 0 Å². The van der Waals surface area contributed by atoms with Crippen LogP contribution in [0.5, 0.6) is 0 Å². The molecule has 1 heterocycles. The van der Waals surface area contributed by atoms with Crippen LogP contribution in [0.1, 0.15) is 25.0 Å². The number of fused-ring (bicyclic) bond motifs is 1. The molecule has 6 heteroatoms. The third kappa shape index (κ3) is 3.66. The number of carbonyl (C=O) groups is 1. The number of anilines is 1. The molecular weight excluding hydrogens is 348 g/mol. The highest BCUT2D eigenvalue weighted by Gasteiger charge is 2.34. The maximum absolute atomic E-state index is 13.1. The third-order valence-corrected chi connectivity index (χ3v) is 6.11. The first-order valence-electron chi connectivity index (χ1n) is 8.78. The van der Waals surface area contributed by atoms with E-state index in [1.54, 1.807) is 23.1 Å². The van der Waals surface area contributed by atoms with E-state index in [0.717, 1.165) is 23.2 Å². The van der Waals surface area contributed by atoms with Gasteiger partial charge >= 0.3 is 0 Å². The van der Waals surface area contributed by atoms with E-state index < -0.39 is 16.1 Å². The Labute approximate surface area is 155 Å². The molecule has 0 fully saturated rings. The molecule has 0 saturated heterocycles. The van der Waals surface area contributed by atoms with Gasteiger partial charge in [-0.15, -0.1) is 0 Å². The molecule has 0 spiro atoms. The second-order valence-corrected chi connectivity index (χ2v) is 8.74. The predicted octanol–water partition coefficient (Wildman–Crippen LogP) is 2.89. The van der Waals surface area contributed by atoms with E-state index in [1.165, 1.54) is 0 Å². The lowest BCUT2D eigenvalue weighted by Crippen LogP contribution is -2.51. The van der Waals surface area contributed by atoms with Crippen molar-refractivity contribution in [3.63, 3.8) is 0 Å². The Morgan fingerprint density at radius 3 is 2.54 bits per heavy atom. The largest absolute Gasteiger partial charge is 0.310 e. The van der Waals surface area contributed by atoms with Gasteiger partial charge in [0.1, 0.15) is 6.04 Å². The standard InChI is InChI=1S/C20H24N2O3S/c1-14(2)19(21-26(24,25)17-9-6-7-15(3)13-17)20(23)22-12-11-16-8-4-5-10-18(16)22/h4-10,13-14,19,21H,11-12H2,1-3H3/t19-/m0/s1. The van der Waals surface area contributed by atoms with Gasteiger partial charge in [-0.05, 0) is 48.6 Å². The van der Waals surface area contributed by atoms with Gasteiger partial charge in [-0.2, -0.15) is 4.72 Å². The molecule has 0 aromatic heterocycles. The number of benzene rings is 2. The van der Waals surface area contributed by atoms with Crippen molar-refractivity contribution in [2.75, 3.05) is 11.4 Å². The summed E-state index contributed by atoms with van der Waals surface area (Å²) in [5.41, 5.74) is 2.84. The van der Waals surface area contributed by atoms with E-state index in [9.17, 15) is 13.2 Å². The third-order valence-electron chi connectivity index (χ3n) is 4.67. The number of para-hydroxylation sites is 1. The highest BCUT2D eigenvalue weighted by atomic mass is 32.2. The SMILES string of the molecule is Cc1cccc(S(=O)(=O)N[C@H](C(=O)N2CCc3ccccc32)C(C)C)c1. The molecule has 2 aromatic carbocycles. The fraction of sp³-hybridized carbons (Fsp3) is 0.350. The summed E-state index contributed by atoms with van der Waals surface area (Å²) in [5, 5.41) is 0. The summed E-state index contributed by atoms with van der Waals surface area (Å²) >= 11 is 0. The van der Waals surface area contributed by atoms with Crippen molar-refractivity contribution < 1.29 is 13.2 Å². The number of rotatable bonds is 5. The van der Waals surface area contributed by atoms with Gasteiger partial charge in [-0.25, -0.2) is 8.42 Å². The monoisotopic (exact) mass is 372 g/mol. The van der Waals surface area contributed by atoms with Crippen molar-refractivity contribution in [2.45, 2.75) is 38.1 Å². The summed E-state index contributed by atoms with van der Waals surface area (Å²) in [6, 6.07) is 13.6. The molecule has 0 radical (unpaired) electrons. The molecule has 3 rings (SSSR count). The van der Waals surface area contributed by atoms with Crippen molar-refractivity contribution in [3.8, 4) is 0 Å². The van der Waals surface area contributed by atoms with Crippen molar-refractivity contribution in [1.82, 2.24) is 4.72 Å². The molecule has 1 amide bonds. The lowest BCUT2D eigenvalue weighted by atomic mass is 10.0. The minimum Gasteiger partial charge on any atom is -0.310 e. The van der Waals surface area contributed by atoms with Gasteiger partial charge in [0.25, 0.3) is 0 Å². The summed E-state index contributed by atoms with van der Waals surface area (Å²) in [4.78, 5) is 15.0. The Kier molecular flexibility index (Phi) is 5.16. The number of hydrogen-bond acceptors (Lipinski definition) is 3. The second kappa shape index (κ2) is 7.21. The van der Waals surface area contributed by atoms with Crippen molar-refractivity contribution in [3.05, 3.63) is 59.7 Å². The molecule has 1 N–H and O–H groups in total. The van der Waals surface area contributed by atoms with Crippen LogP contribution in [0.15, 0.2) is 53.4 Å². The minimum atomic E-state index is -3.78. The first kappa shape index (κ1) is 18.6. The first-order valence-corrected chi connectivity index (χ1v) is 10.3. The number of carbonyl (C=O) groups excluding carboxylic acids is 1. The molecule has 1 aliphatic heterocycles. The number of sulfonamides is 1. The minimum absolute atomic E-state index is 0.171. The van der Waals surface area contributed by atoms with Gasteiger partial charge in [-0.1, -0.05) is 44.2 Å². The molecule has 5 nitrogen and oxygen atoms in total. The Morgan fingerprint density at radius 1 is 1.12 bits per heavy atom. The number of nitrogens with zero attached hydrogens (tertiary/aromatic N) is 1. The van der Waals surface area contributed by atoms with E-state index >= 15 is 0 Å². The normalized spacial score (nSPS) is 15.2. The molecule has 1 aliphatic rings. The fourth-order valence-electron chi connectivity index (χ4n) is 3.22. The summed E-state index contributed by atoms with van der Waals surface area (Å²) in [7, 11) is -3.78. The highest BCUT2D eigenvalue weighted by Crippen LogP contribution is 2.29. The van der Waals surface area contributed by atoms with Crippen LogP contribution in [-0.4, -0.2) is 26.9 Å². The maximum atomic E-state index is 13.1. The average molecular weight is 372 g/mol. The molecule has 0 saturated carbocycles. The van der Waals surface area contributed by atoms with Gasteiger partial charge in [-0.3, -0.25) is 4.79 Å². The zero-order valence-corrected chi connectivity index (χ0v) is 16.1. The Morgan fingerprint density at radius 2 is 1.85 bits per heavy atom. The Balaban J connectivity index is 1.87. The smallest absolute Gasteiger partial charge is 0.245 e. The topological polar surface area (TPSA) is 66.5 Å². The molecule has 0 unspecified atom stereocenters. The van der Waals surface area contributed by atoms with E-state index in [-0.39, 0.29) is 16.7 Å². The zero-order chi connectivity index (χ0) is 18.9. The zero-order valence-electron chi connectivity index (χ0n) is 15.3. The predicted molar refractivity (Wildman–Crippen MR) is 103 cm³/mol. The Bertz CT molecular complexity index is 922. The van der Waals surface area contributed by atoms with E-state index in [1.807, 2.05) is 51.1 Å². The number of aryl methyl sites for hydroxylation is 1. The Hall–Kier alpha value is -2.18. The van der Waals surface area contributed by atoms with Crippen LogP contribution in [0.3, 0.4) is 0 Å². The quantitative estimate of drug-likeness (QED) is 0.878. The highest BCUT2D eigenvalue weighted by molar-refractivity contribution is 7.89. The van der Waals surface area contributed by atoms with Crippen molar-refractivity contribution in [1.29, 1.82) is 0 Å². The summed E-state index contributed by atoms with van der Waals surface area (Å²) in [5.74, 6) is -0.379. The van der Waals surface area contributed by atoms with Crippen LogP contribution < -0.4 is 9.62 Å². The van der Waals surface area contributed by atoms with E-state index in [4.69, 9.17) is 0 Å². The lowest BCUT2D eigenvalue weighted by molar-refractivity contribution is -0.121. The summed E-state index contributed by atoms with van der Waals surface area (Å²) in [6.07, 6.45) is 0.789. The lowest BCUT2D eigenvalue weighted by Gasteiger charge is -2.27. The number of nitrogens with one attached hydrogen (secondary N) is 1. The van der Waals surface area contributed by atoms with Gasteiger partial charge < -0.3 is 4.90 Å². The molecule has 2 aromatic rings. The number of hydrogen-bond donors (Lipinski definition) is 1. The molecule has 138 valence electrons. The van der Waals surface area contributed by atoms with Gasteiger partial charge in [0.15, 0.2) is 0 Å². The van der Waals surface area contributed by atoms with Gasteiger partial charge in [0.05, 0.1) is 4.90 Å². The summed E-state index contributed by atoms with van der Waals surface area (Å²) < 4.78 is 28.2. The van der Waals surface area contributed by atoms with Crippen LogP contribution in [0, 0.1) is 12.8 Å². The van der Waals surface area contributed by atoms with E-state index in [2.05, 4.69) is 4.72 Å². The first-order chi connectivity index (χ1) is 12.3. The van der Waals surface area contributed by atoms with Crippen molar-refractivity contribution in [2.24, 2.45) is 5.92 Å². The van der Waals surface area contributed by atoms with Crippen LogP contribution in [0.2, 0.25) is 0 Å². The number of amides is 1. The summed E-state index contributed by atoms with van der Waals surface area (Å²) in [6.45, 7) is 6.12. The van der Waals surface area contributed by atoms with Crippen LogP contribution >= 0.6 is 0 Å². The van der Waals surface area contributed by atoms with E-state index in [0.29, 0.717) is 6.54 Å². The maximum Gasteiger partial charge on any atom is 0.245 e. The van der Waals surface area contributed by atoms with Gasteiger partial charge in [0.2, 0.25) is 15.9 Å². The molecule has 0 bridgehead atoms.